The smallest absolute Gasteiger partial charge is 0.251 e. The predicted octanol–water partition coefficient (Wildman–Crippen LogP) is 2.34. The van der Waals surface area contributed by atoms with Gasteiger partial charge in [-0.3, -0.25) is 19.6 Å². The molecule has 1 fully saturated rings. The molecule has 0 bridgehead atoms. The maximum absolute atomic E-state index is 12.9. The van der Waals surface area contributed by atoms with E-state index in [1.165, 1.54) is 0 Å². The minimum absolute atomic E-state index is 0.0609. The van der Waals surface area contributed by atoms with Gasteiger partial charge in [-0.1, -0.05) is 30.3 Å². The molecule has 1 aliphatic heterocycles. The van der Waals surface area contributed by atoms with E-state index in [1.54, 1.807) is 34.6 Å². The lowest BCUT2D eigenvalue weighted by Gasteiger charge is -2.30. The first-order valence-corrected chi connectivity index (χ1v) is 10.7. The molecule has 3 N–H and O–H groups in total. The summed E-state index contributed by atoms with van der Waals surface area (Å²) in [6.45, 7) is 1.69. The zero-order valence-electron chi connectivity index (χ0n) is 18.0. The molecule has 2 aromatic carbocycles. The molecule has 1 unspecified atom stereocenters. The van der Waals surface area contributed by atoms with Crippen molar-refractivity contribution in [1.82, 2.24) is 15.7 Å². The van der Waals surface area contributed by atoms with E-state index in [2.05, 4.69) is 5.32 Å². The third-order valence-electron chi connectivity index (χ3n) is 5.57. The number of fused-ring (bicyclic) bond motifs is 1. The summed E-state index contributed by atoms with van der Waals surface area (Å²) in [5.74, 6) is -0.642. The number of nitrogens with zero attached hydrogens (tertiary/aromatic N) is 1. The molecule has 0 saturated carbocycles. The summed E-state index contributed by atoms with van der Waals surface area (Å²) < 4.78 is 11.1. The molecule has 0 spiro atoms. The zero-order chi connectivity index (χ0) is 23.2. The lowest BCUT2D eigenvalue weighted by Crippen LogP contribution is -2.52. The number of rotatable bonds is 7. The number of para-hydroxylation sites is 1. The second kappa shape index (κ2) is 10.3. The Kier molecular flexibility index (Phi) is 7.01. The van der Waals surface area contributed by atoms with Crippen molar-refractivity contribution in [3.05, 3.63) is 60.2 Å². The third kappa shape index (κ3) is 5.39. The summed E-state index contributed by atoms with van der Waals surface area (Å²) in [5.41, 5.74) is 3.53. The topological polar surface area (TPSA) is 121 Å². The van der Waals surface area contributed by atoms with Crippen molar-refractivity contribution in [2.45, 2.75) is 18.9 Å². The van der Waals surface area contributed by atoms with Gasteiger partial charge in [-0.2, -0.15) is 0 Å². The molecule has 33 heavy (non-hydrogen) atoms. The second-order valence-electron chi connectivity index (χ2n) is 7.76. The molecule has 0 radical (unpaired) electrons. The zero-order valence-corrected chi connectivity index (χ0v) is 18.0. The Balaban J connectivity index is 1.46. The molecule has 1 aliphatic rings. The van der Waals surface area contributed by atoms with Crippen LogP contribution in [0.2, 0.25) is 0 Å². The Morgan fingerprint density at radius 3 is 2.45 bits per heavy atom. The number of hydrogen-bond acceptors (Lipinski definition) is 6. The normalized spacial score (nSPS) is 14.6. The average molecular weight is 451 g/mol. The fraction of sp³-hybridized carbons (Fsp3) is 0.292. The summed E-state index contributed by atoms with van der Waals surface area (Å²) in [7, 11) is 0. The summed E-state index contributed by atoms with van der Waals surface area (Å²) in [5, 5.41) is 12.5. The molecule has 2 heterocycles. The van der Waals surface area contributed by atoms with Crippen molar-refractivity contribution < 1.29 is 28.7 Å². The van der Waals surface area contributed by atoms with E-state index >= 15 is 0 Å². The predicted molar refractivity (Wildman–Crippen MR) is 119 cm³/mol. The van der Waals surface area contributed by atoms with Crippen LogP contribution < -0.4 is 10.8 Å². The number of hydroxylamine groups is 1. The first-order chi connectivity index (χ1) is 16.0. The monoisotopic (exact) mass is 451 g/mol. The van der Waals surface area contributed by atoms with Crippen LogP contribution in [0.15, 0.2) is 59.0 Å². The highest BCUT2D eigenvalue weighted by molar-refractivity contribution is 5.98. The van der Waals surface area contributed by atoms with Gasteiger partial charge in [0.1, 0.15) is 17.4 Å². The standard InChI is InChI=1S/C24H25N3O6/c28-22(26-31)10-9-19(24(30)27-11-13-32-14-12-27)25-23(29)17-7-5-16(6-8-17)21-15-18-3-1-2-4-20(18)33-21/h1-8,15,19,31H,9-14H2,(H,25,29)(H,26,28). The maximum atomic E-state index is 12.9. The van der Waals surface area contributed by atoms with Gasteiger partial charge in [0, 0.05) is 36.0 Å². The van der Waals surface area contributed by atoms with Crippen molar-refractivity contribution in [3.8, 4) is 11.3 Å². The van der Waals surface area contributed by atoms with Crippen LogP contribution in [-0.4, -0.2) is 60.2 Å². The van der Waals surface area contributed by atoms with Crippen LogP contribution in [0.1, 0.15) is 23.2 Å². The van der Waals surface area contributed by atoms with Gasteiger partial charge in [-0.25, -0.2) is 5.48 Å². The van der Waals surface area contributed by atoms with E-state index < -0.39 is 17.9 Å². The number of benzene rings is 2. The Morgan fingerprint density at radius 1 is 1.03 bits per heavy atom. The van der Waals surface area contributed by atoms with Crippen LogP contribution in [0.25, 0.3) is 22.3 Å². The van der Waals surface area contributed by atoms with Crippen LogP contribution in [-0.2, 0) is 14.3 Å². The number of amides is 3. The van der Waals surface area contributed by atoms with Gasteiger partial charge in [0.2, 0.25) is 11.8 Å². The second-order valence-corrected chi connectivity index (χ2v) is 7.76. The molecule has 0 aliphatic carbocycles. The van der Waals surface area contributed by atoms with Gasteiger partial charge in [0.05, 0.1) is 13.2 Å². The van der Waals surface area contributed by atoms with Crippen LogP contribution in [0.5, 0.6) is 0 Å². The molecule has 3 amide bonds. The van der Waals surface area contributed by atoms with Gasteiger partial charge >= 0.3 is 0 Å². The van der Waals surface area contributed by atoms with Crippen molar-refractivity contribution in [2.75, 3.05) is 26.3 Å². The molecule has 3 aromatic rings. The minimum Gasteiger partial charge on any atom is -0.456 e. The average Bonchev–Trinajstić information content (AvgIpc) is 3.30. The maximum Gasteiger partial charge on any atom is 0.251 e. The van der Waals surface area contributed by atoms with E-state index in [4.69, 9.17) is 14.4 Å². The largest absolute Gasteiger partial charge is 0.456 e. The number of hydrogen-bond donors (Lipinski definition) is 3. The Labute approximate surface area is 190 Å². The fourth-order valence-electron chi connectivity index (χ4n) is 3.74. The molecule has 1 saturated heterocycles. The fourth-order valence-corrected chi connectivity index (χ4v) is 3.74. The molecule has 9 heteroatoms. The van der Waals surface area contributed by atoms with Crippen molar-refractivity contribution in [3.63, 3.8) is 0 Å². The number of morpholine rings is 1. The van der Waals surface area contributed by atoms with Crippen LogP contribution in [0.3, 0.4) is 0 Å². The molecule has 1 aromatic heterocycles. The van der Waals surface area contributed by atoms with Crippen LogP contribution >= 0.6 is 0 Å². The Morgan fingerprint density at radius 2 is 1.76 bits per heavy atom. The number of furan rings is 1. The third-order valence-corrected chi connectivity index (χ3v) is 5.57. The first-order valence-electron chi connectivity index (χ1n) is 10.7. The van der Waals surface area contributed by atoms with Gasteiger partial charge in [-0.05, 0) is 30.7 Å². The van der Waals surface area contributed by atoms with Gasteiger partial charge < -0.3 is 19.4 Å². The highest BCUT2D eigenvalue weighted by Gasteiger charge is 2.28. The van der Waals surface area contributed by atoms with Crippen molar-refractivity contribution in [2.24, 2.45) is 0 Å². The van der Waals surface area contributed by atoms with Gasteiger partial charge in [-0.15, -0.1) is 0 Å². The molecule has 1 atom stereocenters. The quantitative estimate of drug-likeness (QED) is 0.375. The summed E-state index contributed by atoms with van der Waals surface area (Å²) in [4.78, 5) is 38.9. The molecule has 172 valence electrons. The van der Waals surface area contributed by atoms with E-state index in [9.17, 15) is 14.4 Å². The van der Waals surface area contributed by atoms with Crippen molar-refractivity contribution >= 4 is 28.7 Å². The molecule has 4 rings (SSSR count). The first kappa shape index (κ1) is 22.5. The Bertz CT molecular complexity index is 1100. The summed E-state index contributed by atoms with van der Waals surface area (Å²) >= 11 is 0. The summed E-state index contributed by atoms with van der Waals surface area (Å²) in [6, 6.07) is 15.6. The van der Waals surface area contributed by atoms with E-state index in [-0.39, 0.29) is 18.7 Å². The van der Waals surface area contributed by atoms with Crippen LogP contribution in [0, 0.1) is 0 Å². The van der Waals surface area contributed by atoms with E-state index in [0.29, 0.717) is 37.6 Å². The van der Waals surface area contributed by atoms with Crippen molar-refractivity contribution in [1.29, 1.82) is 0 Å². The highest BCUT2D eigenvalue weighted by atomic mass is 16.5. The SMILES string of the molecule is O=C(CCC(NC(=O)c1ccc(-c2cc3ccccc3o2)cc1)C(=O)N1CCOCC1)NO. The number of nitrogens with one attached hydrogen (secondary N) is 2. The Hall–Kier alpha value is -3.69. The van der Waals surface area contributed by atoms with Gasteiger partial charge in [0.25, 0.3) is 5.91 Å². The van der Waals surface area contributed by atoms with Gasteiger partial charge in [0.15, 0.2) is 0 Å². The molecular formula is C24H25N3O6. The number of carbonyl (C=O) groups is 3. The minimum atomic E-state index is -0.900. The molecular weight excluding hydrogens is 426 g/mol. The lowest BCUT2D eigenvalue weighted by molar-refractivity contribution is -0.137. The molecule has 9 nitrogen and oxygen atoms in total. The number of ether oxygens (including phenoxy) is 1. The van der Waals surface area contributed by atoms with E-state index in [1.807, 2.05) is 30.3 Å². The highest BCUT2D eigenvalue weighted by Crippen LogP contribution is 2.27. The lowest BCUT2D eigenvalue weighted by atomic mass is 10.1. The van der Waals surface area contributed by atoms with E-state index in [0.717, 1.165) is 16.5 Å². The number of carbonyl (C=O) groups excluding carboxylic acids is 3. The summed E-state index contributed by atoms with van der Waals surface area (Å²) in [6.07, 6.45) is -0.0477. The van der Waals surface area contributed by atoms with Crippen LogP contribution in [0.4, 0.5) is 0 Å².